The van der Waals surface area contributed by atoms with Gasteiger partial charge >= 0.3 is 5.97 Å². The number of nitrogens with zero attached hydrogens (tertiary/aromatic N) is 2. The number of nitrogens with one attached hydrogen (secondary N) is 1. The van der Waals surface area contributed by atoms with Crippen LogP contribution in [-0.2, 0) is 9.53 Å². The Morgan fingerprint density at radius 2 is 2.33 bits per heavy atom. The van der Waals surface area contributed by atoms with Crippen molar-refractivity contribution in [1.29, 1.82) is 0 Å². The summed E-state index contributed by atoms with van der Waals surface area (Å²) in [6.45, 7) is 6.64. The van der Waals surface area contributed by atoms with Gasteiger partial charge in [0.05, 0.1) is 6.67 Å². The Labute approximate surface area is 88.8 Å². The zero-order valence-electron chi connectivity index (χ0n) is 9.15. The zero-order chi connectivity index (χ0) is 11.0. The second-order valence-electron chi connectivity index (χ2n) is 3.94. The van der Waals surface area contributed by atoms with E-state index in [0.717, 1.165) is 6.67 Å². The molecule has 1 N–H and O–H groups in total. The molecule has 0 amide bonds. The number of hydrogen-bond donors (Lipinski definition) is 1. The predicted octanol–water partition coefficient (Wildman–Crippen LogP) is 0.443. The molecule has 5 nitrogen and oxygen atoms in total. The fourth-order valence-corrected chi connectivity index (χ4v) is 1.68. The van der Waals surface area contributed by atoms with Gasteiger partial charge in [-0.15, -0.1) is 0 Å². The van der Waals surface area contributed by atoms with Crippen LogP contribution >= 0.6 is 0 Å². The predicted molar refractivity (Wildman–Crippen MR) is 56.0 cm³/mol. The average molecular weight is 209 g/mol. The van der Waals surface area contributed by atoms with Gasteiger partial charge in [0, 0.05) is 25.2 Å². The van der Waals surface area contributed by atoms with Gasteiger partial charge in [0.1, 0.15) is 0 Å². The average Bonchev–Trinajstić information content (AvgIpc) is 2.64. The molecule has 0 aliphatic carbocycles. The second-order valence-corrected chi connectivity index (χ2v) is 3.94. The first kappa shape index (κ1) is 10.2. The molecule has 82 valence electrons. The Bertz CT molecular complexity index is 349. The third-order valence-corrected chi connectivity index (χ3v) is 2.86. The maximum Gasteiger partial charge on any atom is 0.365 e. The Kier molecular flexibility index (Phi) is 2.48. The minimum atomic E-state index is -0.362. The molecule has 0 aromatic rings. The normalized spacial score (nSPS) is 33.5. The van der Waals surface area contributed by atoms with Crippen LogP contribution < -0.4 is 5.32 Å². The topological polar surface area (TPSA) is 53.9 Å². The first-order valence-corrected chi connectivity index (χ1v) is 5.06. The fourth-order valence-electron chi connectivity index (χ4n) is 1.68. The molecular weight excluding hydrogens is 194 g/mol. The van der Waals surface area contributed by atoms with Crippen LogP contribution in [-0.4, -0.2) is 35.5 Å². The van der Waals surface area contributed by atoms with Gasteiger partial charge in [-0.3, -0.25) is 5.32 Å². The van der Waals surface area contributed by atoms with Gasteiger partial charge in [-0.2, -0.15) is 0 Å². The Hall–Kier alpha value is -1.36. The Morgan fingerprint density at radius 1 is 1.60 bits per heavy atom. The van der Waals surface area contributed by atoms with Gasteiger partial charge in [-0.05, 0) is 13.8 Å². The van der Waals surface area contributed by atoms with Gasteiger partial charge in [0.25, 0.3) is 0 Å². The van der Waals surface area contributed by atoms with E-state index in [2.05, 4.69) is 29.1 Å². The number of rotatable bonds is 1. The summed E-state index contributed by atoms with van der Waals surface area (Å²) in [4.78, 5) is 17.4. The molecule has 0 bridgehead atoms. The summed E-state index contributed by atoms with van der Waals surface area (Å²) in [5.74, 6) is 0.0540. The van der Waals surface area contributed by atoms with Crippen LogP contribution in [0.2, 0.25) is 0 Å². The van der Waals surface area contributed by atoms with E-state index >= 15 is 0 Å². The molecule has 2 aliphatic rings. The van der Waals surface area contributed by atoms with Gasteiger partial charge in [-0.25, -0.2) is 9.79 Å². The maximum atomic E-state index is 11.3. The van der Waals surface area contributed by atoms with E-state index in [1.54, 1.807) is 13.1 Å². The lowest BCUT2D eigenvalue weighted by atomic mass is 10.2. The number of carbonyl (C=O) groups excluding carboxylic acids is 1. The smallest absolute Gasteiger partial charge is 0.365 e. The summed E-state index contributed by atoms with van der Waals surface area (Å²) in [5, 5.41) is 3.30. The minimum Gasteiger partial charge on any atom is -0.407 e. The number of ether oxygens (including phenoxy) is 1. The summed E-state index contributed by atoms with van der Waals surface area (Å²) >= 11 is 0. The number of esters is 1. The van der Waals surface area contributed by atoms with Crippen molar-refractivity contribution in [3.8, 4) is 0 Å². The second kappa shape index (κ2) is 3.66. The van der Waals surface area contributed by atoms with E-state index < -0.39 is 0 Å². The molecule has 0 spiro atoms. The quantitative estimate of drug-likeness (QED) is 0.503. The summed E-state index contributed by atoms with van der Waals surface area (Å²) in [6, 6.07) is 0.783. The van der Waals surface area contributed by atoms with Crippen molar-refractivity contribution >= 4 is 11.9 Å². The van der Waals surface area contributed by atoms with Crippen molar-refractivity contribution in [3.05, 3.63) is 11.9 Å². The minimum absolute atomic E-state index is 0.362. The lowest BCUT2D eigenvalue weighted by molar-refractivity contribution is -0.130. The highest BCUT2D eigenvalue weighted by Gasteiger charge is 2.27. The third kappa shape index (κ3) is 1.87. The number of carbonyl (C=O) groups is 1. The molecule has 0 radical (unpaired) electrons. The molecule has 2 atom stereocenters. The van der Waals surface area contributed by atoms with Crippen LogP contribution in [0, 0.1) is 0 Å². The summed E-state index contributed by atoms with van der Waals surface area (Å²) in [6.07, 6.45) is 1.76. The van der Waals surface area contributed by atoms with Crippen molar-refractivity contribution in [2.24, 2.45) is 4.99 Å². The fraction of sp³-hybridized carbons (Fsp3) is 0.600. The SMILES string of the molecule is CC1=N/C(=C\N2CNC(C)C2C)C(=O)O1. The van der Waals surface area contributed by atoms with Gasteiger partial charge < -0.3 is 9.64 Å². The van der Waals surface area contributed by atoms with Crippen LogP contribution in [0.1, 0.15) is 20.8 Å². The summed E-state index contributed by atoms with van der Waals surface area (Å²) in [5.41, 5.74) is 0.384. The van der Waals surface area contributed by atoms with Crippen LogP contribution in [0.3, 0.4) is 0 Å². The zero-order valence-corrected chi connectivity index (χ0v) is 9.15. The van der Waals surface area contributed by atoms with E-state index in [1.165, 1.54) is 0 Å². The largest absolute Gasteiger partial charge is 0.407 e. The van der Waals surface area contributed by atoms with Crippen LogP contribution in [0.15, 0.2) is 16.9 Å². The first-order chi connectivity index (χ1) is 7.08. The molecule has 2 heterocycles. The number of aliphatic imine (C=N–C) groups is 1. The molecule has 15 heavy (non-hydrogen) atoms. The van der Waals surface area contributed by atoms with Crippen LogP contribution in [0.4, 0.5) is 0 Å². The Balaban J connectivity index is 2.14. The molecule has 5 heteroatoms. The van der Waals surface area contributed by atoms with Crippen molar-refractivity contribution in [1.82, 2.24) is 10.2 Å². The van der Waals surface area contributed by atoms with Gasteiger partial charge in [-0.1, -0.05) is 0 Å². The molecular formula is C10H15N3O2. The van der Waals surface area contributed by atoms with E-state index in [-0.39, 0.29) is 5.97 Å². The number of cyclic esters (lactones) is 1. The standard InChI is InChI=1S/C10H15N3O2/c1-6-7(2)13(5-11-6)4-9-10(14)15-8(3)12-9/h4,6-7,11H,5H2,1-3H3/b9-4-. The van der Waals surface area contributed by atoms with Crippen molar-refractivity contribution in [2.45, 2.75) is 32.9 Å². The monoisotopic (exact) mass is 209 g/mol. The van der Waals surface area contributed by atoms with Crippen molar-refractivity contribution in [3.63, 3.8) is 0 Å². The van der Waals surface area contributed by atoms with E-state index in [4.69, 9.17) is 4.74 Å². The summed E-state index contributed by atoms with van der Waals surface area (Å²) in [7, 11) is 0. The van der Waals surface area contributed by atoms with Crippen molar-refractivity contribution in [2.75, 3.05) is 6.67 Å². The molecule has 2 rings (SSSR count). The van der Waals surface area contributed by atoms with Crippen LogP contribution in [0.25, 0.3) is 0 Å². The summed E-state index contributed by atoms with van der Waals surface area (Å²) < 4.78 is 4.84. The molecule has 1 fully saturated rings. The lowest BCUT2D eigenvalue weighted by Gasteiger charge is -2.19. The molecule has 2 unspecified atom stereocenters. The van der Waals surface area contributed by atoms with Crippen molar-refractivity contribution < 1.29 is 9.53 Å². The van der Waals surface area contributed by atoms with E-state index in [9.17, 15) is 4.79 Å². The molecule has 2 aliphatic heterocycles. The third-order valence-electron chi connectivity index (χ3n) is 2.86. The Morgan fingerprint density at radius 3 is 2.80 bits per heavy atom. The van der Waals surface area contributed by atoms with E-state index in [0.29, 0.717) is 23.7 Å². The lowest BCUT2D eigenvalue weighted by Crippen LogP contribution is -2.28. The van der Waals surface area contributed by atoms with E-state index in [1.807, 2.05) is 0 Å². The highest BCUT2D eigenvalue weighted by molar-refractivity contribution is 6.03. The van der Waals surface area contributed by atoms with Gasteiger partial charge in [0.15, 0.2) is 11.6 Å². The molecule has 0 saturated carbocycles. The first-order valence-electron chi connectivity index (χ1n) is 5.06. The maximum absolute atomic E-state index is 11.3. The molecule has 0 aromatic carbocycles. The van der Waals surface area contributed by atoms with Crippen LogP contribution in [0.5, 0.6) is 0 Å². The number of hydrogen-bond acceptors (Lipinski definition) is 5. The molecule has 1 saturated heterocycles. The van der Waals surface area contributed by atoms with Gasteiger partial charge in [0.2, 0.25) is 0 Å². The highest BCUT2D eigenvalue weighted by atomic mass is 16.6. The molecule has 0 aromatic heterocycles. The highest BCUT2D eigenvalue weighted by Crippen LogP contribution is 2.16.